The monoisotopic (exact) mass is 392 g/mol. The summed E-state index contributed by atoms with van der Waals surface area (Å²) < 4.78 is 16.2. The van der Waals surface area contributed by atoms with Crippen LogP contribution in [0, 0.1) is 0 Å². The van der Waals surface area contributed by atoms with Crippen molar-refractivity contribution < 1.29 is 14.2 Å². The average Bonchev–Trinajstić information content (AvgIpc) is 2.77. The highest BCUT2D eigenvalue weighted by atomic mass is 32.2. The smallest absolute Gasteiger partial charge is 0.267 e. The van der Waals surface area contributed by atoms with E-state index in [0.29, 0.717) is 10.5 Å². The molecule has 0 aromatic heterocycles. The van der Waals surface area contributed by atoms with Gasteiger partial charge in [0.15, 0.2) is 0 Å². The van der Waals surface area contributed by atoms with Crippen LogP contribution < -0.4 is 10.2 Å². The highest BCUT2D eigenvalue weighted by Crippen LogP contribution is 2.23. The summed E-state index contributed by atoms with van der Waals surface area (Å²) in [5.41, 5.74) is 4.26. The second kappa shape index (κ2) is 9.75. The van der Waals surface area contributed by atoms with Crippen molar-refractivity contribution in [1.82, 2.24) is 10.2 Å². The molecule has 3 aromatic carbocycles. The van der Waals surface area contributed by atoms with Gasteiger partial charge in [0.2, 0.25) is 0 Å². The summed E-state index contributed by atoms with van der Waals surface area (Å²) in [5.74, 6) is -0.627. The SMILES string of the molecule is O=C(/C=C/c1cccc(S(=O)NC(c2ccccc2)c2ccccc2)c1)NO. The Bertz CT molecular complexity index is 936. The molecule has 3 aromatic rings. The molecule has 6 heteroatoms. The molecule has 0 aliphatic heterocycles. The fourth-order valence-electron chi connectivity index (χ4n) is 2.74. The van der Waals surface area contributed by atoms with Crippen molar-refractivity contribution in [3.8, 4) is 0 Å². The Labute approximate surface area is 166 Å². The van der Waals surface area contributed by atoms with Gasteiger partial charge >= 0.3 is 0 Å². The zero-order chi connectivity index (χ0) is 19.8. The van der Waals surface area contributed by atoms with Gasteiger partial charge in [-0.25, -0.2) is 14.4 Å². The highest BCUT2D eigenvalue weighted by molar-refractivity contribution is 7.83. The van der Waals surface area contributed by atoms with E-state index < -0.39 is 16.9 Å². The molecular formula is C22H20N2O3S. The van der Waals surface area contributed by atoms with Crippen LogP contribution in [-0.4, -0.2) is 15.3 Å². The maximum absolute atomic E-state index is 13.0. The zero-order valence-electron chi connectivity index (χ0n) is 15.0. The van der Waals surface area contributed by atoms with Crippen LogP contribution in [0.4, 0.5) is 0 Å². The lowest BCUT2D eigenvalue weighted by Gasteiger charge is -2.19. The Morgan fingerprint density at radius 1 is 0.893 bits per heavy atom. The lowest BCUT2D eigenvalue weighted by Crippen LogP contribution is -2.24. The molecule has 3 N–H and O–H groups in total. The van der Waals surface area contributed by atoms with Crippen LogP contribution in [0.5, 0.6) is 0 Å². The predicted molar refractivity (Wildman–Crippen MR) is 110 cm³/mol. The van der Waals surface area contributed by atoms with Gasteiger partial charge in [-0.2, -0.15) is 0 Å². The lowest BCUT2D eigenvalue weighted by atomic mass is 10.00. The summed E-state index contributed by atoms with van der Waals surface area (Å²) in [6, 6.07) is 26.5. The first kappa shape index (κ1) is 19.7. The summed E-state index contributed by atoms with van der Waals surface area (Å²) in [6.45, 7) is 0. The predicted octanol–water partition coefficient (Wildman–Crippen LogP) is 3.61. The maximum atomic E-state index is 13.0. The summed E-state index contributed by atoms with van der Waals surface area (Å²) in [7, 11) is -1.47. The first-order valence-electron chi connectivity index (χ1n) is 8.67. The van der Waals surface area contributed by atoms with Crippen molar-refractivity contribution in [3.63, 3.8) is 0 Å². The van der Waals surface area contributed by atoms with Crippen molar-refractivity contribution in [1.29, 1.82) is 0 Å². The Morgan fingerprint density at radius 2 is 1.50 bits per heavy atom. The first-order chi connectivity index (χ1) is 13.7. The van der Waals surface area contributed by atoms with E-state index in [-0.39, 0.29) is 6.04 Å². The van der Waals surface area contributed by atoms with Crippen LogP contribution in [-0.2, 0) is 15.8 Å². The fourth-order valence-corrected chi connectivity index (χ4v) is 3.80. The Morgan fingerprint density at radius 3 is 2.07 bits per heavy atom. The molecule has 1 atom stereocenters. The van der Waals surface area contributed by atoms with E-state index in [1.165, 1.54) is 17.6 Å². The number of rotatable bonds is 7. The fraction of sp³-hybridized carbons (Fsp3) is 0.0455. The van der Waals surface area contributed by atoms with E-state index in [1.54, 1.807) is 24.3 Å². The molecule has 0 bridgehead atoms. The first-order valence-corrected chi connectivity index (χ1v) is 9.82. The minimum Gasteiger partial charge on any atom is -0.288 e. The number of nitrogens with one attached hydrogen (secondary N) is 2. The molecule has 0 heterocycles. The Hall–Kier alpha value is -3.06. The van der Waals surface area contributed by atoms with Crippen molar-refractivity contribution in [3.05, 3.63) is 108 Å². The number of carbonyl (C=O) groups excluding carboxylic acids is 1. The van der Waals surface area contributed by atoms with Crippen molar-refractivity contribution in [2.45, 2.75) is 10.9 Å². The highest BCUT2D eigenvalue weighted by Gasteiger charge is 2.17. The summed E-state index contributed by atoms with van der Waals surface area (Å²) in [6.07, 6.45) is 2.74. The molecule has 0 saturated heterocycles. The molecular weight excluding hydrogens is 372 g/mol. The Kier molecular flexibility index (Phi) is 6.86. The molecule has 0 fully saturated rings. The van der Waals surface area contributed by atoms with Gasteiger partial charge in [0.1, 0.15) is 11.0 Å². The van der Waals surface area contributed by atoms with Gasteiger partial charge in [-0.1, -0.05) is 72.8 Å². The van der Waals surface area contributed by atoms with Gasteiger partial charge < -0.3 is 0 Å². The molecule has 5 nitrogen and oxygen atoms in total. The standard InChI is InChI=1S/C22H20N2O3S/c25-21(23-26)15-14-17-8-7-13-20(16-17)28(27)24-22(18-9-3-1-4-10-18)19-11-5-2-6-12-19/h1-16,22,24,26H,(H,23,25)/b15-14+. The minimum atomic E-state index is -1.47. The molecule has 0 spiro atoms. The van der Waals surface area contributed by atoms with Gasteiger partial charge in [-0.15, -0.1) is 0 Å². The second-order valence-corrected chi connectivity index (χ2v) is 7.27. The van der Waals surface area contributed by atoms with Crippen LogP contribution in [0.15, 0.2) is 95.9 Å². The summed E-state index contributed by atoms with van der Waals surface area (Å²) >= 11 is 0. The second-order valence-electron chi connectivity index (χ2n) is 6.02. The summed E-state index contributed by atoms with van der Waals surface area (Å²) in [4.78, 5) is 11.7. The van der Waals surface area contributed by atoms with E-state index >= 15 is 0 Å². The van der Waals surface area contributed by atoms with Crippen LogP contribution in [0.3, 0.4) is 0 Å². The van der Waals surface area contributed by atoms with Crippen LogP contribution >= 0.6 is 0 Å². The van der Waals surface area contributed by atoms with Crippen LogP contribution in [0.25, 0.3) is 6.08 Å². The van der Waals surface area contributed by atoms with E-state index in [4.69, 9.17) is 5.21 Å². The van der Waals surface area contributed by atoms with E-state index in [1.807, 2.05) is 60.7 Å². The minimum absolute atomic E-state index is 0.234. The molecule has 28 heavy (non-hydrogen) atoms. The number of hydrogen-bond donors (Lipinski definition) is 3. The number of carbonyl (C=O) groups is 1. The molecule has 0 aliphatic rings. The van der Waals surface area contributed by atoms with E-state index in [9.17, 15) is 9.00 Å². The molecule has 0 aliphatic carbocycles. The third kappa shape index (κ3) is 5.23. The average molecular weight is 392 g/mol. The van der Waals surface area contributed by atoms with E-state index in [0.717, 1.165) is 11.1 Å². The van der Waals surface area contributed by atoms with Crippen LogP contribution in [0.2, 0.25) is 0 Å². The molecule has 1 unspecified atom stereocenters. The van der Waals surface area contributed by atoms with Gasteiger partial charge in [0.05, 0.1) is 10.9 Å². The van der Waals surface area contributed by atoms with Crippen molar-refractivity contribution >= 4 is 23.0 Å². The maximum Gasteiger partial charge on any atom is 0.267 e. The molecule has 3 rings (SSSR count). The normalized spacial score (nSPS) is 12.2. The number of hydroxylamine groups is 1. The van der Waals surface area contributed by atoms with Crippen molar-refractivity contribution in [2.24, 2.45) is 0 Å². The quantitative estimate of drug-likeness (QED) is 0.327. The van der Waals surface area contributed by atoms with Crippen molar-refractivity contribution in [2.75, 3.05) is 0 Å². The van der Waals surface area contributed by atoms with Gasteiger partial charge in [0.25, 0.3) is 5.91 Å². The van der Waals surface area contributed by atoms with Crippen LogP contribution in [0.1, 0.15) is 22.7 Å². The number of benzene rings is 3. The van der Waals surface area contributed by atoms with Gasteiger partial charge in [-0.3, -0.25) is 10.0 Å². The largest absolute Gasteiger partial charge is 0.288 e. The third-order valence-electron chi connectivity index (χ3n) is 4.10. The van der Waals surface area contributed by atoms with Gasteiger partial charge in [0, 0.05) is 6.08 Å². The third-order valence-corrected chi connectivity index (χ3v) is 5.23. The molecule has 142 valence electrons. The number of amides is 1. The summed E-state index contributed by atoms with van der Waals surface area (Å²) in [5, 5.41) is 8.56. The zero-order valence-corrected chi connectivity index (χ0v) is 15.8. The molecule has 1 amide bonds. The topological polar surface area (TPSA) is 78.4 Å². The molecule has 0 saturated carbocycles. The number of hydrogen-bond acceptors (Lipinski definition) is 3. The Balaban J connectivity index is 1.85. The van der Waals surface area contributed by atoms with E-state index in [2.05, 4.69) is 4.72 Å². The lowest BCUT2D eigenvalue weighted by molar-refractivity contribution is -0.124. The molecule has 0 radical (unpaired) electrons. The van der Waals surface area contributed by atoms with Gasteiger partial charge in [-0.05, 0) is 34.9 Å².